The number of terminal acetylenes is 1. The fraction of sp³-hybridized carbons (Fsp3) is 0.238. The highest BCUT2D eigenvalue weighted by atomic mass is 16.5. The molecule has 1 aromatic heterocycles. The lowest BCUT2D eigenvalue weighted by Crippen LogP contribution is -2.04. The average molecular weight is 303 g/mol. The minimum Gasteiger partial charge on any atom is -0.497 e. The second kappa shape index (κ2) is 7.07. The first-order valence-electron chi connectivity index (χ1n) is 7.95. The van der Waals surface area contributed by atoms with Crippen LogP contribution in [0.2, 0.25) is 0 Å². The Morgan fingerprint density at radius 1 is 1.04 bits per heavy atom. The number of hydrogen-bond donors (Lipinski definition) is 0. The van der Waals surface area contributed by atoms with Gasteiger partial charge < -0.3 is 9.30 Å². The number of nitrogens with zero attached hydrogens (tertiary/aromatic N) is 1. The van der Waals surface area contributed by atoms with E-state index in [2.05, 4.69) is 59.3 Å². The molecule has 116 valence electrons. The minimum absolute atomic E-state index is 0.112. The van der Waals surface area contributed by atoms with Gasteiger partial charge in [0.05, 0.1) is 13.2 Å². The van der Waals surface area contributed by atoms with Crippen LogP contribution in [0, 0.1) is 12.3 Å². The molecule has 0 amide bonds. The first-order valence-corrected chi connectivity index (χ1v) is 7.95. The normalized spacial score (nSPS) is 12.0. The number of hydrogen-bond acceptors (Lipinski definition) is 1. The van der Waals surface area contributed by atoms with Crippen LogP contribution in [-0.2, 0) is 6.42 Å². The molecule has 0 saturated carbocycles. The highest BCUT2D eigenvalue weighted by Crippen LogP contribution is 2.22. The van der Waals surface area contributed by atoms with Crippen molar-refractivity contribution in [3.05, 3.63) is 66.5 Å². The zero-order valence-corrected chi connectivity index (χ0v) is 13.4. The summed E-state index contributed by atoms with van der Waals surface area (Å²) in [7, 11) is 1.69. The van der Waals surface area contributed by atoms with E-state index in [1.807, 2.05) is 12.1 Å². The Morgan fingerprint density at radius 3 is 2.26 bits per heavy atom. The molecule has 3 aromatic rings. The van der Waals surface area contributed by atoms with Crippen LogP contribution in [0.5, 0.6) is 5.75 Å². The van der Waals surface area contributed by atoms with Crippen LogP contribution in [-0.4, -0.2) is 11.7 Å². The van der Waals surface area contributed by atoms with E-state index in [1.54, 1.807) is 7.11 Å². The SMILES string of the molecule is C#CC(CCCc1ccc(OC)cc1)n1cc2ccccc2c1. The molecule has 1 heterocycles. The van der Waals surface area contributed by atoms with Crippen LogP contribution < -0.4 is 4.74 Å². The summed E-state index contributed by atoms with van der Waals surface area (Å²) in [6.07, 6.45) is 13.1. The first-order chi connectivity index (χ1) is 11.3. The number of benzene rings is 2. The molecule has 0 aliphatic rings. The molecule has 0 spiro atoms. The Balaban J connectivity index is 1.62. The smallest absolute Gasteiger partial charge is 0.118 e. The second-order valence-electron chi connectivity index (χ2n) is 5.76. The van der Waals surface area contributed by atoms with Crippen molar-refractivity contribution in [2.75, 3.05) is 7.11 Å². The third-order valence-corrected chi connectivity index (χ3v) is 4.23. The molecule has 2 aromatic carbocycles. The van der Waals surface area contributed by atoms with E-state index in [0.29, 0.717) is 0 Å². The van der Waals surface area contributed by atoms with E-state index in [1.165, 1.54) is 16.3 Å². The summed E-state index contributed by atoms with van der Waals surface area (Å²) in [4.78, 5) is 0. The number of fused-ring (bicyclic) bond motifs is 1. The van der Waals surface area contributed by atoms with Gasteiger partial charge in [-0.25, -0.2) is 0 Å². The number of aromatic nitrogens is 1. The molecule has 0 N–H and O–H groups in total. The predicted molar refractivity (Wildman–Crippen MR) is 95.7 cm³/mol. The molecule has 0 aliphatic carbocycles. The highest BCUT2D eigenvalue weighted by Gasteiger charge is 2.08. The molecule has 0 saturated heterocycles. The minimum atomic E-state index is 0.112. The summed E-state index contributed by atoms with van der Waals surface area (Å²) >= 11 is 0. The van der Waals surface area contributed by atoms with Gasteiger partial charge in [-0.05, 0) is 47.7 Å². The number of rotatable bonds is 6. The van der Waals surface area contributed by atoms with Gasteiger partial charge in [-0.1, -0.05) is 42.3 Å². The van der Waals surface area contributed by atoms with Crippen molar-refractivity contribution in [3.8, 4) is 18.1 Å². The molecule has 23 heavy (non-hydrogen) atoms. The van der Waals surface area contributed by atoms with Crippen LogP contribution in [0.25, 0.3) is 10.8 Å². The molecular formula is C21H21NO. The topological polar surface area (TPSA) is 14.2 Å². The molecule has 1 unspecified atom stereocenters. The van der Waals surface area contributed by atoms with E-state index in [9.17, 15) is 0 Å². The lowest BCUT2D eigenvalue weighted by atomic mass is 10.0. The lowest BCUT2D eigenvalue weighted by Gasteiger charge is -2.12. The van der Waals surface area contributed by atoms with E-state index in [0.717, 1.165) is 25.0 Å². The zero-order chi connectivity index (χ0) is 16.1. The molecule has 2 heteroatoms. The van der Waals surface area contributed by atoms with Crippen molar-refractivity contribution in [2.45, 2.75) is 25.3 Å². The summed E-state index contributed by atoms with van der Waals surface area (Å²) in [5.74, 6) is 3.82. The van der Waals surface area contributed by atoms with Gasteiger partial charge >= 0.3 is 0 Å². The predicted octanol–water partition coefficient (Wildman–Crippen LogP) is 4.85. The maximum atomic E-state index is 5.76. The van der Waals surface area contributed by atoms with E-state index >= 15 is 0 Å². The van der Waals surface area contributed by atoms with Gasteiger partial charge in [0, 0.05) is 12.4 Å². The first kappa shape index (κ1) is 15.2. The van der Waals surface area contributed by atoms with Gasteiger partial charge in [0.15, 0.2) is 0 Å². The zero-order valence-electron chi connectivity index (χ0n) is 13.4. The number of ether oxygens (including phenoxy) is 1. The van der Waals surface area contributed by atoms with Gasteiger partial charge in [-0.3, -0.25) is 0 Å². The Labute approximate surface area is 137 Å². The van der Waals surface area contributed by atoms with Crippen LogP contribution in [0.15, 0.2) is 60.9 Å². The van der Waals surface area contributed by atoms with Gasteiger partial charge in [-0.2, -0.15) is 0 Å². The van der Waals surface area contributed by atoms with Crippen molar-refractivity contribution in [1.82, 2.24) is 4.57 Å². The van der Waals surface area contributed by atoms with Crippen molar-refractivity contribution < 1.29 is 4.74 Å². The molecule has 3 rings (SSSR count). The average Bonchev–Trinajstić information content (AvgIpc) is 3.03. The summed E-state index contributed by atoms with van der Waals surface area (Å²) in [6.45, 7) is 0. The Kier molecular flexibility index (Phi) is 4.68. The second-order valence-corrected chi connectivity index (χ2v) is 5.76. The van der Waals surface area contributed by atoms with E-state index in [4.69, 9.17) is 11.2 Å². The Morgan fingerprint density at radius 2 is 1.70 bits per heavy atom. The largest absolute Gasteiger partial charge is 0.497 e. The van der Waals surface area contributed by atoms with Crippen molar-refractivity contribution in [2.24, 2.45) is 0 Å². The van der Waals surface area contributed by atoms with E-state index < -0.39 is 0 Å². The number of aryl methyl sites for hydroxylation is 1. The maximum absolute atomic E-state index is 5.76. The summed E-state index contributed by atoms with van der Waals surface area (Å²) in [5.41, 5.74) is 1.32. The molecular weight excluding hydrogens is 282 g/mol. The molecule has 0 radical (unpaired) electrons. The van der Waals surface area contributed by atoms with Crippen LogP contribution in [0.3, 0.4) is 0 Å². The molecule has 1 atom stereocenters. The van der Waals surface area contributed by atoms with Crippen molar-refractivity contribution in [1.29, 1.82) is 0 Å². The summed E-state index contributed by atoms with van der Waals surface area (Å²) < 4.78 is 7.35. The maximum Gasteiger partial charge on any atom is 0.118 e. The lowest BCUT2D eigenvalue weighted by molar-refractivity contribution is 0.414. The van der Waals surface area contributed by atoms with Crippen molar-refractivity contribution in [3.63, 3.8) is 0 Å². The highest BCUT2D eigenvalue weighted by molar-refractivity contribution is 5.82. The van der Waals surface area contributed by atoms with Crippen LogP contribution in [0.1, 0.15) is 24.4 Å². The van der Waals surface area contributed by atoms with Crippen molar-refractivity contribution >= 4 is 10.8 Å². The van der Waals surface area contributed by atoms with Crippen LogP contribution in [0.4, 0.5) is 0 Å². The van der Waals surface area contributed by atoms with Gasteiger partial charge in [0.2, 0.25) is 0 Å². The molecule has 0 aliphatic heterocycles. The quantitative estimate of drug-likeness (QED) is 0.594. The van der Waals surface area contributed by atoms with Crippen LogP contribution >= 0.6 is 0 Å². The van der Waals surface area contributed by atoms with Gasteiger partial charge in [0.25, 0.3) is 0 Å². The molecule has 2 nitrogen and oxygen atoms in total. The molecule has 0 fully saturated rings. The fourth-order valence-corrected chi connectivity index (χ4v) is 2.89. The summed E-state index contributed by atoms with van der Waals surface area (Å²) in [6, 6.07) is 16.7. The van der Waals surface area contributed by atoms with E-state index in [-0.39, 0.29) is 6.04 Å². The monoisotopic (exact) mass is 303 g/mol. The Bertz CT molecular complexity index is 775. The third-order valence-electron chi connectivity index (χ3n) is 4.23. The van der Waals surface area contributed by atoms with Gasteiger partial charge in [-0.15, -0.1) is 6.42 Å². The standard InChI is InChI=1S/C21H21NO/c1-3-20(22-15-18-8-4-5-9-19(18)16-22)10-6-7-17-11-13-21(23-2)14-12-17/h1,4-5,8-9,11-16,20H,6-7,10H2,2H3. The van der Waals surface area contributed by atoms with Gasteiger partial charge in [0.1, 0.15) is 5.75 Å². The number of methoxy groups -OCH3 is 1. The Hall–Kier alpha value is -2.66. The summed E-state index contributed by atoms with van der Waals surface area (Å²) in [5, 5.41) is 2.48. The fourth-order valence-electron chi connectivity index (χ4n) is 2.89. The molecule has 0 bridgehead atoms. The third kappa shape index (κ3) is 3.57.